The smallest absolute Gasteiger partial charge is 0.0916 e. The molecule has 3 fully saturated rings. The van der Waals surface area contributed by atoms with E-state index in [1.807, 2.05) is 0 Å². The van der Waals surface area contributed by atoms with Gasteiger partial charge in [-0.1, -0.05) is 5.11 Å². The van der Waals surface area contributed by atoms with Gasteiger partial charge in [-0.2, -0.15) is 0 Å². The Kier molecular flexibility index (Phi) is 3.46. The molecular weight excluding hydrogens is 190 g/mol. The summed E-state index contributed by atoms with van der Waals surface area (Å²) in [6.45, 7) is 9.82. The summed E-state index contributed by atoms with van der Waals surface area (Å²) in [6.07, 6.45) is 2.26. The van der Waals surface area contributed by atoms with Crippen LogP contribution in [0.25, 0.3) is 10.4 Å². The summed E-state index contributed by atoms with van der Waals surface area (Å²) in [5.74, 6) is 0. The van der Waals surface area contributed by atoms with E-state index in [0.717, 1.165) is 6.42 Å². The van der Waals surface area contributed by atoms with Crippen LogP contribution in [0.15, 0.2) is 5.11 Å². The molecule has 0 aliphatic carbocycles. The van der Waals surface area contributed by atoms with Gasteiger partial charge in [0, 0.05) is 31.1 Å². The zero-order chi connectivity index (χ0) is 10.6. The molecule has 0 N–H and O–H groups in total. The van der Waals surface area contributed by atoms with Crippen LogP contribution in [0.2, 0.25) is 0 Å². The largest absolute Gasteiger partial charge is 0.320 e. The molecule has 3 rings (SSSR count). The van der Waals surface area contributed by atoms with Gasteiger partial charge < -0.3 is 4.48 Å². The molecular formula is C10H20N5+. The fourth-order valence-corrected chi connectivity index (χ4v) is 2.74. The van der Waals surface area contributed by atoms with E-state index < -0.39 is 0 Å². The number of azide groups is 1. The summed E-state index contributed by atoms with van der Waals surface area (Å²) >= 11 is 0. The van der Waals surface area contributed by atoms with E-state index >= 15 is 0 Å². The van der Waals surface area contributed by atoms with Crippen LogP contribution in [0.5, 0.6) is 0 Å². The number of hydrogen-bond acceptors (Lipinski definition) is 2. The van der Waals surface area contributed by atoms with Crippen LogP contribution in [-0.4, -0.2) is 61.7 Å². The van der Waals surface area contributed by atoms with Gasteiger partial charge in [-0.05, 0) is 18.4 Å². The second-order valence-electron chi connectivity index (χ2n) is 4.74. The molecule has 0 amide bonds. The molecule has 0 saturated carbocycles. The van der Waals surface area contributed by atoms with Gasteiger partial charge in [-0.3, -0.25) is 4.90 Å². The van der Waals surface area contributed by atoms with Crippen molar-refractivity contribution in [2.45, 2.75) is 12.8 Å². The monoisotopic (exact) mass is 210 g/mol. The maximum atomic E-state index is 8.17. The first-order valence-electron chi connectivity index (χ1n) is 5.93. The van der Waals surface area contributed by atoms with E-state index in [1.54, 1.807) is 0 Å². The minimum Gasteiger partial charge on any atom is -0.320 e. The van der Waals surface area contributed by atoms with Crippen LogP contribution in [0.4, 0.5) is 0 Å². The van der Waals surface area contributed by atoms with Crippen LogP contribution in [0, 0.1) is 0 Å². The number of unbranched alkanes of at least 4 members (excludes halogenated alkanes) is 1. The number of fused-ring (bicyclic) bond motifs is 3. The van der Waals surface area contributed by atoms with Gasteiger partial charge in [-0.15, -0.1) is 0 Å². The lowest BCUT2D eigenvalue weighted by molar-refractivity contribution is -0.941. The van der Waals surface area contributed by atoms with Gasteiger partial charge in [0.15, 0.2) is 0 Å². The second-order valence-corrected chi connectivity index (χ2v) is 4.74. The molecule has 0 aromatic rings. The normalized spacial score (nSPS) is 33.7. The Labute approximate surface area is 90.9 Å². The number of rotatable bonds is 5. The number of nitrogens with zero attached hydrogens (tertiary/aromatic N) is 5. The minimum atomic E-state index is 0.669. The van der Waals surface area contributed by atoms with Crippen LogP contribution in [0.3, 0.4) is 0 Å². The van der Waals surface area contributed by atoms with Crippen LogP contribution < -0.4 is 0 Å². The van der Waals surface area contributed by atoms with Crippen molar-refractivity contribution < 1.29 is 4.48 Å². The third-order valence-electron chi connectivity index (χ3n) is 3.88. The van der Waals surface area contributed by atoms with Gasteiger partial charge in [0.05, 0.1) is 26.2 Å². The Hall–Kier alpha value is -0.770. The molecule has 2 bridgehead atoms. The summed E-state index contributed by atoms with van der Waals surface area (Å²) in [5.41, 5.74) is 8.17. The first kappa shape index (κ1) is 10.7. The van der Waals surface area contributed by atoms with Crippen molar-refractivity contribution in [1.82, 2.24) is 4.90 Å². The zero-order valence-corrected chi connectivity index (χ0v) is 9.31. The quantitative estimate of drug-likeness (QED) is 0.221. The Morgan fingerprint density at radius 2 is 1.80 bits per heavy atom. The molecule has 15 heavy (non-hydrogen) atoms. The second kappa shape index (κ2) is 4.84. The van der Waals surface area contributed by atoms with Crippen molar-refractivity contribution in [1.29, 1.82) is 0 Å². The molecule has 0 atom stereocenters. The molecule has 0 aromatic carbocycles. The summed E-state index contributed by atoms with van der Waals surface area (Å²) < 4.78 is 1.33. The SMILES string of the molecule is [N-]=[N+]=NCCCC[N+]12CCN(CC1)CC2. The van der Waals surface area contributed by atoms with Gasteiger partial charge >= 0.3 is 0 Å². The summed E-state index contributed by atoms with van der Waals surface area (Å²) in [5, 5.41) is 3.58. The highest BCUT2D eigenvalue weighted by atomic mass is 15.4. The fraction of sp³-hybridized carbons (Fsp3) is 1.00. The molecule has 5 heteroatoms. The lowest BCUT2D eigenvalue weighted by Crippen LogP contribution is -2.67. The molecule has 84 valence electrons. The Bertz CT molecular complexity index is 237. The number of quaternary nitrogens is 1. The molecule has 3 aliphatic heterocycles. The van der Waals surface area contributed by atoms with Crippen LogP contribution in [0.1, 0.15) is 12.8 Å². The van der Waals surface area contributed by atoms with E-state index in [1.165, 1.54) is 56.7 Å². The number of hydrogen-bond donors (Lipinski definition) is 0. The first-order valence-corrected chi connectivity index (χ1v) is 5.93. The number of piperazine rings is 3. The molecule has 3 saturated heterocycles. The van der Waals surface area contributed by atoms with Crippen LogP contribution in [-0.2, 0) is 0 Å². The fourth-order valence-electron chi connectivity index (χ4n) is 2.74. The van der Waals surface area contributed by atoms with Gasteiger partial charge in [0.25, 0.3) is 0 Å². The molecule has 3 heterocycles. The predicted octanol–water partition coefficient (Wildman–Crippen LogP) is 1.22. The van der Waals surface area contributed by atoms with Crippen LogP contribution >= 0.6 is 0 Å². The lowest BCUT2D eigenvalue weighted by atomic mass is 10.1. The lowest BCUT2D eigenvalue weighted by Gasteiger charge is -2.50. The van der Waals surface area contributed by atoms with E-state index in [-0.39, 0.29) is 0 Å². The highest BCUT2D eigenvalue weighted by Crippen LogP contribution is 2.20. The average molecular weight is 210 g/mol. The van der Waals surface area contributed by atoms with Crippen molar-refractivity contribution in [3.05, 3.63) is 10.4 Å². The standard InChI is InChI=1S/C10H20N5/c11-13-12-3-1-2-7-15-8-4-14(5-9-15)6-10-15/h1-10H2/q+1. The molecule has 5 nitrogen and oxygen atoms in total. The Morgan fingerprint density at radius 1 is 1.13 bits per heavy atom. The molecule has 0 spiro atoms. The topological polar surface area (TPSA) is 52.0 Å². The van der Waals surface area contributed by atoms with Crippen molar-refractivity contribution >= 4 is 0 Å². The van der Waals surface area contributed by atoms with Crippen molar-refractivity contribution in [3.63, 3.8) is 0 Å². The highest BCUT2D eigenvalue weighted by Gasteiger charge is 2.37. The maximum absolute atomic E-state index is 8.17. The van der Waals surface area contributed by atoms with Crippen molar-refractivity contribution in [2.24, 2.45) is 5.11 Å². The third-order valence-corrected chi connectivity index (χ3v) is 3.88. The average Bonchev–Trinajstić information content (AvgIpc) is 2.31. The molecule has 0 radical (unpaired) electrons. The molecule has 0 aromatic heterocycles. The van der Waals surface area contributed by atoms with E-state index in [4.69, 9.17) is 5.53 Å². The minimum absolute atomic E-state index is 0.669. The Balaban J connectivity index is 1.71. The van der Waals surface area contributed by atoms with E-state index in [0.29, 0.717) is 6.54 Å². The summed E-state index contributed by atoms with van der Waals surface area (Å²) in [6, 6.07) is 0. The highest BCUT2D eigenvalue weighted by molar-refractivity contribution is 4.70. The Morgan fingerprint density at radius 3 is 2.40 bits per heavy atom. The van der Waals surface area contributed by atoms with Crippen molar-refractivity contribution in [3.8, 4) is 0 Å². The van der Waals surface area contributed by atoms with Gasteiger partial charge in [0.2, 0.25) is 0 Å². The van der Waals surface area contributed by atoms with Crippen molar-refractivity contribution in [2.75, 3.05) is 52.4 Å². The molecule has 3 aliphatic rings. The first-order chi connectivity index (χ1) is 7.35. The predicted molar refractivity (Wildman–Crippen MR) is 59.4 cm³/mol. The van der Waals surface area contributed by atoms with E-state index in [2.05, 4.69) is 14.9 Å². The van der Waals surface area contributed by atoms with E-state index in [9.17, 15) is 0 Å². The van der Waals surface area contributed by atoms with Gasteiger partial charge in [0.1, 0.15) is 0 Å². The zero-order valence-electron chi connectivity index (χ0n) is 9.31. The molecule has 0 unspecified atom stereocenters. The summed E-state index contributed by atoms with van der Waals surface area (Å²) in [7, 11) is 0. The third kappa shape index (κ3) is 2.62. The van der Waals surface area contributed by atoms with Gasteiger partial charge in [-0.25, -0.2) is 0 Å². The summed E-state index contributed by atoms with van der Waals surface area (Å²) in [4.78, 5) is 5.35. The maximum Gasteiger partial charge on any atom is 0.0916 e.